The van der Waals surface area contributed by atoms with Crippen molar-refractivity contribution in [2.75, 3.05) is 19.6 Å². The Morgan fingerprint density at radius 3 is 2.28 bits per heavy atom. The lowest BCUT2D eigenvalue weighted by Gasteiger charge is -2.18. The van der Waals surface area contributed by atoms with Crippen LogP contribution in [0.15, 0.2) is 0 Å². The van der Waals surface area contributed by atoms with E-state index in [1.807, 2.05) is 6.92 Å². The second kappa shape index (κ2) is 9.44. The maximum Gasteiger partial charge on any atom is 0.303 e. The summed E-state index contributed by atoms with van der Waals surface area (Å²) in [6.07, 6.45) is 1.51. The smallest absolute Gasteiger partial charge is 0.303 e. The van der Waals surface area contributed by atoms with Crippen LogP contribution in [0.4, 0.5) is 0 Å². The molecule has 0 spiro atoms. The summed E-state index contributed by atoms with van der Waals surface area (Å²) >= 11 is 0. The summed E-state index contributed by atoms with van der Waals surface area (Å²) in [7, 11) is 0. The summed E-state index contributed by atoms with van der Waals surface area (Å²) < 4.78 is 0. The summed E-state index contributed by atoms with van der Waals surface area (Å²) in [5.74, 6) is -0.941. The highest BCUT2D eigenvalue weighted by Crippen LogP contribution is 1.99. The van der Waals surface area contributed by atoms with E-state index < -0.39 is 5.97 Å². The highest BCUT2D eigenvalue weighted by molar-refractivity contribution is 5.76. The van der Waals surface area contributed by atoms with Crippen molar-refractivity contribution in [3.05, 3.63) is 0 Å². The highest BCUT2D eigenvalue weighted by atomic mass is 16.4. The van der Waals surface area contributed by atoms with Gasteiger partial charge in [-0.3, -0.25) is 14.4 Å². The molecule has 0 aliphatic heterocycles. The van der Waals surface area contributed by atoms with Crippen LogP contribution in [0.1, 0.15) is 39.5 Å². The Kier molecular flexibility index (Phi) is 8.61. The van der Waals surface area contributed by atoms with Crippen LogP contribution >= 0.6 is 0 Å². The fourth-order valence-corrected chi connectivity index (χ4v) is 1.52. The fraction of sp³-hybridized carbons (Fsp3) is 0.750. The molecule has 0 aromatic rings. The Bertz CT molecular complexity index is 292. The van der Waals surface area contributed by atoms with Crippen molar-refractivity contribution < 1.29 is 19.5 Å². The molecule has 0 saturated heterocycles. The van der Waals surface area contributed by atoms with Crippen LogP contribution < -0.4 is 5.32 Å². The third kappa shape index (κ3) is 8.55. The van der Waals surface area contributed by atoms with E-state index in [1.165, 1.54) is 6.92 Å². The monoisotopic (exact) mass is 258 g/mol. The van der Waals surface area contributed by atoms with E-state index in [4.69, 9.17) is 5.11 Å². The van der Waals surface area contributed by atoms with E-state index in [9.17, 15) is 14.4 Å². The van der Waals surface area contributed by atoms with Crippen molar-refractivity contribution in [2.45, 2.75) is 39.5 Å². The Morgan fingerprint density at radius 1 is 1.17 bits per heavy atom. The third-order valence-corrected chi connectivity index (χ3v) is 2.58. The number of aliphatic carboxylic acids is 1. The molecule has 6 nitrogen and oxygen atoms in total. The van der Waals surface area contributed by atoms with Crippen LogP contribution in [0.25, 0.3) is 0 Å². The molecule has 0 saturated carbocycles. The van der Waals surface area contributed by atoms with Gasteiger partial charge in [-0.15, -0.1) is 0 Å². The molecule has 2 amide bonds. The first-order valence-electron chi connectivity index (χ1n) is 6.21. The number of carbonyl (C=O) groups is 3. The minimum Gasteiger partial charge on any atom is -0.481 e. The van der Waals surface area contributed by atoms with Crippen molar-refractivity contribution in [3.8, 4) is 0 Å². The summed E-state index contributed by atoms with van der Waals surface area (Å²) in [5.41, 5.74) is 0. The zero-order valence-corrected chi connectivity index (χ0v) is 11.1. The molecule has 18 heavy (non-hydrogen) atoms. The molecule has 0 aromatic carbocycles. The molecule has 0 bridgehead atoms. The van der Waals surface area contributed by atoms with Crippen molar-refractivity contribution >= 4 is 17.8 Å². The second-order valence-corrected chi connectivity index (χ2v) is 4.05. The van der Waals surface area contributed by atoms with Crippen LogP contribution in [-0.2, 0) is 14.4 Å². The van der Waals surface area contributed by atoms with E-state index >= 15 is 0 Å². The van der Waals surface area contributed by atoms with Gasteiger partial charge in [0, 0.05) is 39.4 Å². The Balaban J connectivity index is 3.58. The van der Waals surface area contributed by atoms with Gasteiger partial charge in [0.25, 0.3) is 0 Å². The van der Waals surface area contributed by atoms with Crippen molar-refractivity contribution in [1.29, 1.82) is 0 Å². The van der Waals surface area contributed by atoms with Gasteiger partial charge in [-0.1, -0.05) is 0 Å². The molecule has 0 heterocycles. The van der Waals surface area contributed by atoms with Crippen molar-refractivity contribution in [1.82, 2.24) is 10.2 Å². The maximum atomic E-state index is 11.4. The molecule has 0 aliphatic rings. The Morgan fingerprint density at radius 2 is 1.78 bits per heavy atom. The lowest BCUT2D eigenvalue weighted by atomic mass is 10.2. The number of unbranched alkanes of at least 4 members (excludes halogenated alkanes) is 1. The number of hydrogen-bond donors (Lipinski definition) is 2. The molecule has 0 atom stereocenters. The van der Waals surface area contributed by atoms with E-state index in [1.54, 1.807) is 4.90 Å². The maximum absolute atomic E-state index is 11.4. The molecular formula is C12H22N2O4. The van der Waals surface area contributed by atoms with Crippen LogP contribution in [0.2, 0.25) is 0 Å². The lowest BCUT2D eigenvalue weighted by molar-refractivity contribution is -0.137. The molecule has 104 valence electrons. The zero-order chi connectivity index (χ0) is 14.0. The normalized spacial score (nSPS) is 9.89. The lowest BCUT2D eigenvalue weighted by Crippen LogP contribution is -2.37. The molecule has 2 N–H and O–H groups in total. The van der Waals surface area contributed by atoms with Crippen molar-refractivity contribution in [2.24, 2.45) is 0 Å². The fourth-order valence-electron chi connectivity index (χ4n) is 1.52. The van der Waals surface area contributed by atoms with Crippen LogP contribution in [0.3, 0.4) is 0 Å². The Hall–Kier alpha value is -1.59. The Labute approximate surface area is 107 Å². The number of rotatable bonds is 9. The first-order chi connectivity index (χ1) is 8.47. The van der Waals surface area contributed by atoms with Crippen LogP contribution in [0.5, 0.6) is 0 Å². The predicted octanol–water partition coefficient (Wildman–Crippen LogP) is 0.616. The van der Waals surface area contributed by atoms with Gasteiger partial charge < -0.3 is 15.3 Å². The van der Waals surface area contributed by atoms with Gasteiger partial charge in [-0.25, -0.2) is 0 Å². The summed E-state index contributed by atoms with van der Waals surface area (Å²) in [4.78, 5) is 34.3. The van der Waals surface area contributed by atoms with Crippen LogP contribution in [0, 0.1) is 0 Å². The molecule has 0 aliphatic carbocycles. The van der Waals surface area contributed by atoms with E-state index in [-0.39, 0.29) is 18.2 Å². The van der Waals surface area contributed by atoms with Gasteiger partial charge in [0.15, 0.2) is 0 Å². The van der Waals surface area contributed by atoms with Crippen molar-refractivity contribution in [3.63, 3.8) is 0 Å². The largest absolute Gasteiger partial charge is 0.481 e. The standard InChI is InChI=1S/C12H22N2O4/c1-3-14(10(2)15)9-8-13-11(16)6-4-5-7-12(17)18/h3-9H2,1-2H3,(H,13,16)(H,17,18). The minimum absolute atomic E-state index is 0.00629. The molecule has 0 aromatic heterocycles. The number of amides is 2. The molecule has 6 heteroatoms. The molecule has 0 fully saturated rings. The summed E-state index contributed by atoms with van der Waals surface area (Å²) in [6, 6.07) is 0. The number of hydrogen-bond acceptors (Lipinski definition) is 3. The topological polar surface area (TPSA) is 86.7 Å². The number of carboxylic acids is 1. The molecular weight excluding hydrogens is 236 g/mol. The quantitative estimate of drug-likeness (QED) is 0.593. The molecule has 0 radical (unpaired) electrons. The first-order valence-corrected chi connectivity index (χ1v) is 6.21. The zero-order valence-electron chi connectivity index (χ0n) is 11.1. The van der Waals surface area contributed by atoms with Gasteiger partial charge >= 0.3 is 5.97 Å². The second-order valence-electron chi connectivity index (χ2n) is 4.05. The SMILES string of the molecule is CCN(CCNC(=O)CCCCC(=O)O)C(C)=O. The number of carbonyl (C=O) groups excluding carboxylic acids is 2. The number of nitrogens with zero attached hydrogens (tertiary/aromatic N) is 1. The van der Waals surface area contributed by atoms with Gasteiger partial charge in [-0.05, 0) is 19.8 Å². The minimum atomic E-state index is -0.838. The summed E-state index contributed by atoms with van der Waals surface area (Å²) in [6.45, 7) is 4.95. The average molecular weight is 258 g/mol. The van der Waals surface area contributed by atoms with Crippen LogP contribution in [-0.4, -0.2) is 47.4 Å². The van der Waals surface area contributed by atoms with E-state index in [0.29, 0.717) is 38.9 Å². The highest BCUT2D eigenvalue weighted by Gasteiger charge is 2.06. The molecule has 0 unspecified atom stereocenters. The van der Waals surface area contributed by atoms with E-state index in [2.05, 4.69) is 5.32 Å². The van der Waals surface area contributed by atoms with Gasteiger partial charge in [0.05, 0.1) is 0 Å². The van der Waals surface area contributed by atoms with Gasteiger partial charge in [0.2, 0.25) is 11.8 Å². The third-order valence-electron chi connectivity index (χ3n) is 2.58. The van der Waals surface area contributed by atoms with Gasteiger partial charge in [-0.2, -0.15) is 0 Å². The number of nitrogens with one attached hydrogen (secondary N) is 1. The average Bonchev–Trinajstić information content (AvgIpc) is 2.29. The first kappa shape index (κ1) is 16.4. The number of carboxylic acid groups (broad SMARTS) is 1. The predicted molar refractivity (Wildman–Crippen MR) is 67.0 cm³/mol. The number of likely N-dealkylation sites (N-methyl/N-ethyl adjacent to an activating group) is 1. The molecule has 0 rings (SSSR count). The summed E-state index contributed by atoms with van der Waals surface area (Å²) in [5, 5.41) is 11.1. The van der Waals surface area contributed by atoms with E-state index in [0.717, 1.165) is 0 Å². The van der Waals surface area contributed by atoms with Gasteiger partial charge in [0.1, 0.15) is 0 Å².